The third-order valence-electron chi connectivity index (χ3n) is 5.34. The first-order valence-corrected chi connectivity index (χ1v) is 10.3. The highest BCUT2D eigenvalue weighted by Gasteiger charge is 2.44. The number of rotatable bonds is 4. The minimum atomic E-state index is -0.621. The van der Waals surface area contributed by atoms with Crippen LogP contribution in [-0.2, 0) is 14.3 Å². The molecule has 31 heavy (non-hydrogen) atoms. The molecule has 0 spiro atoms. The van der Waals surface area contributed by atoms with Crippen LogP contribution >= 0.6 is 11.6 Å². The van der Waals surface area contributed by atoms with E-state index in [-0.39, 0.29) is 28.5 Å². The standard InChI is InChI=1S/C23H22ClFN2O4/c1-13-11-26(12-14(2)31-13)21-20(15-4-7-17(30-3)8-5-15)22(28)27(23(21)29)16-6-9-19(25)18(24)10-16/h4-10,13-14H,11-12H2,1-3H3. The molecule has 1 fully saturated rings. The van der Waals surface area contributed by atoms with Crippen LogP contribution in [0.4, 0.5) is 10.1 Å². The summed E-state index contributed by atoms with van der Waals surface area (Å²) in [5.74, 6) is -0.943. The molecule has 162 valence electrons. The minimum absolute atomic E-state index is 0.106. The molecule has 0 saturated carbocycles. The molecule has 2 aromatic rings. The summed E-state index contributed by atoms with van der Waals surface area (Å²) in [7, 11) is 1.56. The molecule has 2 aliphatic heterocycles. The van der Waals surface area contributed by atoms with Gasteiger partial charge in [-0.2, -0.15) is 0 Å². The van der Waals surface area contributed by atoms with Gasteiger partial charge in [0.25, 0.3) is 11.8 Å². The number of anilines is 1. The van der Waals surface area contributed by atoms with Crippen LogP contribution in [0, 0.1) is 5.82 Å². The van der Waals surface area contributed by atoms with Crippen LogP contribution in [0.1, 0.15) is 19.4 Å². The van der Waals surface area contributed by atoms with Gasteiger partial charge in [-0.15, -0.1) is 0 Å². The Balaban J connectivity index is 1.83. The summed E-state index contributed by atoms with van der Waals surface area (Å²) in [5.41, 5.74) is 1.40. The largest absolute Gasteiger partial charge is 0.497 e. The van der Waals surface area contributed by atoms with Crippen molar-refractivity contribution in [2.75, 3.05) is 25.1 Å². The zero-order chi connectivity index (χ0) is 22.3. The topological polar surface area (TPSA) is 59.1 Å². The number of hydrogen-bond donors (Lipinski definition) is 0. The number of nitrogens with zero attached hydrogens (tertiary/aromatic N) is 2. The molecule has 0 N–H and O–H groups in total. The molecule has 0 aromatic heterocycles. The molecule has 2 amide bonds. The van der Waals surface area contributed by atoms with E-state index in [2.05, 4.69) is 0 Å². The molecule has 2 aromatic carbocycles. The van der Waals surface area contributed by atoms with Crippen LogP contribution < -0.4 is 9.64 Å². The molecule has 2 unspecified atom stereocenters. The quantitative estimate of drug-likeness (QED) is 0.670. The molecule has 2 aliphatic rings. The zero-order valence-electron chi connectivity index (χ0n) is 17.4. The van der Waals surface area contributed by atoms with Crippen molar-refractivity contribution >= 4 is 34.7 Å². The molecule has 0 bridgehead atoms. The number of ether oxygens (including phenoxy) is 2. The maximum Gasteiger partial charge on any atom is 0.282 e. The van der Waals surface area contributed by atoms with Gasteiger partial charge in [-0.3, -0.25) is 9.59 Å². The summed E-state index contributed by atoms with van der Waals surface area (Å²) in [6.07, 6.45) is -0.212. The van der Waals surface area contributed by atoms with Crippen LogP contribution in [0.25, 0.3) is 5.57 Å². The van der Waals surface area contributed by atoms with Gasteiger partial charge in [-0.25, -0.2) is 9.29 Å². The van der Waals surface area contributed by atoms with Gasteiger partial charge in [0.05, 0.1) is 35.6 Å². The summed E-state index contributed by atoms with van der Waals surface area (Å²) in [5, 5.41) is -0.161. The second kappa shape index (κ2) is 8.32. The van der Waals surface area contributed by atoms with Gasteiger partial charge in [0.2, 0.25) is 0 Å². The highest BCUT2D eigenvalue weighted by atomic mass is 35.5. The lowest BCUT2D eigenvalue weighted by Gasteiger charge is -2.37. The van der Waals surface area contributed by atoms with E-state index in [0.29, 0.717) is 30.1 Å². The Morgan fingerprint density at radius 2 is 1.68 bits per heavy atom. The average Bonchev–Trinajstić information content (AvgIpc) is 2.99. The number of morpholine rings is 1. The fourth-order valence-electron chi connectivity index (χ4n) is 4.05. The number of methoxy groups -OCH3 is 1. The molecule has 2 heterocycles. The summed E-state index contributed by atoms with van der Waals surface area (Å²) in [4.78, 5) is 30.0. The molecular formula is C23H22ClFN2O4. The van der Waals surface area contributed by atoms with E-state index >= 15 is 0 Å². The van der Waals surface area contributed by atoms with E-state index in [1.807, 2.05) is 18.7 Å². The zero-order valence-corrected chi connectivity index (χ0v) is 18.1. The Morgan fingerprint density at radius 3 is 2.26 bits per heavy atom. The Morgan fingerprint density at radius 1 is 1.03 bits per heavy atom. The van der Waals surface area contributed by atoms with Crippen molar-refractivity contribution in [1.29, 1.82) is 0 Å². The molecule has 0 aliphatic carbocycles. The van der Waals surface area contributed by atoms with Crippen molar-refractivity contribution in [3.05, 3.63) is 64.6 Å². The van der Waals surface area contributed by atoms with E-state index in [0.717, 1.165) is 11.0 Å². The summed E-state index contributed by atoms with van der Waals surface area (Å²) in [6, 6.07) is 10.8. The predicted octanol–water partition coefficient (Wildman–Crippen LogP) is 3.88. The van der Waals surface area contributed by atoms with Crippen molar-refractivity contribution < 1.29 is 23.5 Å². The van der Waals surface area contributed by atoms with Crippen molar-refractivity contribution in [1.82, 2.24) is 4.90 Å². The first kappa shape index (κ1) is 21.3. The van der Waals surface area contributed by atoms with Gasteiger partial charge >= 0.3 is 0 Å². The second-order valence-electron chi connectivity index (χ2n) is 7.66. The summed E-state index contributed by atoms with van der Waals surface area (Å²) >= 11 is 5.92. The van der Waals surface area contributed by atoms with Gasteiger partial charge < -0.3 is 14.4 Å². The van der Waals surface area contributed by atoms with Crippen LogP contribution in [0.15, 0.2) is 48.2 Å². The van der Waals surface area contributed by atoms with E-state index in [4.69, 9.17) is 21.1 Å². The monoisotopic (exact) mass is 444 g/mol. The Hall–Kier alpha value is -2.90. The van der Waals surface area contributed by atoms with Gasteiger partial charge in [0.1, 0.15) is 17.3 Å². The molecule has 2 atom stereocenters. The first-order chi connectivity index (χ1) is 14.8. The van der Waals surface area contributed by atoms with Gasteiger partial charge in [0, 0.05) is 13.1 Å². The maximum atomic E-state index is 13.7. The van der Waals surface area contributed by atoms with Gasteiger partial charge in [-0.1, -0.05) is 23.7 Å². The van der Waals surface area contributed by atoms with Crippen molar-refractivity contribution in [3.8, 4) is 5.75 Å². The number of halogens is 2. The van der Waals surface area contributed by atoms with Crippen LogP contribution in [-0.4, -0.2) is 49.1 Å². The average molecular weight is 445 g/mol. The molecule has 0 radical (unpaired) electrons. The van der Waals surface area contributed by atoms with E-state index in [9.17, 15) is 14.0 Å². The SMILES string of the molecule is COc1ccc(C2=C(N3CC(C)OC(C)C3)C(=O)N(c3ccc(F)c(Cl)c3)C2=O)cc1. The van der Waals surface area contributed by atoms with Crippen molar-refractivity contribution in [2.45, 2.75) is 26.1 Å². The second-order valence-corrected chi connectivity index (χ2v) is 8.07. The van der Waals surface area contributed by atoms with Gasteiger partial charge in [-0.05, 0) is 49.7 Å². The van der Waals surface area contributed by atoms with Crippen molar-refractivity contribution in [3.63, 3.8) is 0 Å². The third-order valence-corrected chi connectivity index (χ3v) is 5.62. The minimum Gasteiger partial charge on any atom is -0.497 e. The molecule has 1 saturated heterocycles. The molecular weight excluding hydrogens is 423 g/mol. The Kier molecular flexibility index (Phi) is 5.73. The Labute approximate surface area is 184 Å². The fourth-order valence-corrected chi connectivity index (χ4v) is 4.22. The Bertz CT molecular complexity index is 1060. The number of imide groups is 1. The fraction of sp³-hybridized carbons (Fsp3) is 0.304. The highest BCUT2D eigenvalue weighted by Crippen LogP contribution is 2.37. The normalized spacial score (nSPS) is 21.8. The van der Waals surface area contributed by atoms with E-state index in [1.165, 1.54) is 12.1 Å². The van der Waals surface area contributed by atoms with E-state index in [1.54, 1.807) is 31.4 Å². The number of amides is 2. The van der Waals surface area contributed by atoms with E-state index < -0.39 is 17.6 Å². The smallest absolute Gasteiger partial charge is 0.282 e. The number of benzene rings is 2. The highest BCUT2D eigenvalue weighted by molar-refractivity contribution is 6.45. The lowest BCUT2D eigenvalue weighted by molar-refractivity contribution is -0.121. The van der Waals surface area contributed by atoms with Crippen LogP contribution in [0.5, 0.6) is 5.75 Å². The first-order valence-electron chi connectivity index (χ1n) is 9.93. The summed E-state index contributed by atoms with van der Waals surface area (Å²) < 4.78 is 24.7. The molecule has 4 rings (SSSR count). The van der Waals surface area contributed by atoms with Crippen LogP contribution in [0.2, 0.25) is 5.02 Å². The van der Waals surface area contributed by atoms with Crippen molar-refractivity contribution in [2.24, 2.45) is 0 Å². The van der Waals surface area contributed by atoms with Gasteiger partial charge in [0.15, 0.2) is 0 Å². The summed E-state index contributed by atoms with van der Waals surface area (Å²) in [6.45, 7) is 4.79. The molecule has 8 heteroatoms. The lowest BCUT2D eigenvalue weighted by Crippen LogP contribution is -2.47. The predicted molar refractivity (Wildman–Crippen MR) is 115 cm³/mol. The number of carbonyl (C=O) groups is 2. The van der Waals surface area contributed by atoms with Crippen LogP contribution in [0.3, 0.4) is 0 Å². The number of hydrogen-bond acceptors (Lipinski definition) is 5. The lowest BCUT2D eigenvalue weighted by atomic mass is 10.0. The third kappa shape index (κ3) is 3.91. The molecule has 6 nitrogen and oxygen atoms in total. The maximum absolute atomic E-state index is 13.7. The number of carbonyl (C=O) groups excluding carboxylic acids is 2.